The molecule has 0 aromatic heterocycles. The van der Waals surface area contributed by atoms with E-state index in [1.807, 2.05) is 0 Å². The van der Waals surface area contributed by atoms with Gasteiger partial charge in [-0.25, -0.2) is 8.78 Å². The zero-order valence-corrected chi connectivity index (χ0v) is 11.8. The summed E-state index contributed by atoms with van der Waals surface area (Å²) < 4.78 is 33.0. The first-order chi connectivity index (χ1) is 9.45. The van der Waals surface area contributed by atoms with Crippen LogP contribution in [-0.4, -0.2) is 7.11 Å². The number of ether oxygens (including phenoxy) is 1. The van der Waals surface area contributed by atoms with E-state index in [1.54, 1.807) is 25.1 Å². The van der Waals surface area contributed by atoms with Crippen LogP contribution in [0.2, 0.25) is 5.02 Å². The van der Waals surface area contributed by atoms with Crippen LogP contribution >= 0.6 is 11.6 Å². The van der Waals surface area contributed by atoms with Crippen LogP contribution < -0.4 is 10.5 Å². The Hall–Kier alpha value is -1.65. The highest BCUT2D eigenvalue weighted by molar-refractivity contribution is 6.31. The van der Waals surface area contributed by atoms with Gasteiger partial charge < -0.3 is 10.5 Å². The van der Waals surface area contributed by atoms with Crippen molar-refractivity contribution < 1.29 is 13.5 Å². The van der Waals surface area contributed by atoms with Crippen molar-refractivity contribution in [1.82, 2.24) is 0 Å². The van der Waals surface area contributed by atoms with Crippen LogP contribution in [-0.2, 0) is 0 Å². The minimum absolute atomic E-state index is 0.183. The van der Waals surface area contributed by atoms with Crippen molar-refractivity contribution >= 4 is 11.6 Å². The zero-order chi connectivity index (χ0) is 14.9. The average molecular weight is 298 g/mol. The van der Waals surface area contributed by atoms with E-state index in [9.17, 15) is 8.78 Å². The summed E-state index contributed by atoms with van der Waals surface area (Å²) in [5.74, 6) is -0.784. The van der Waals surface area contributed by atoms with Gasteiger partial charge >= 0.3 is 0 Å². The second-order valence-electron chi connectivity index (χ2n) is 4.46. The third-order valence-corrected chi connectivity index (χ3v) is 3.50. The molecular weight excluding hydrogens is 284 g/mol. The predicted molar refractivity (Wildman–Crippen MR) is 75.1 cm³/mol. The van der Waals surface area contributed by atoms with Gasteiger partial charge in [0.2, 0.25) is 0 Å². The molecule has 0 heterocycles. The second kappa shape index (κ2) is 5.77. The first kappa shape index (κ1) is 14.8. The Morgan fingerprint density at radius 2 is 1.90 bits per heavy atom. The molecule has 0 saturated heterocycles. The van der Waals surface area contributed by atoms with Gasteiger partial charge in [0.25, 0.3) is 0 Å². The molecular formula is C15H14ClF2NO. The highest BCUT2D eigenvalue weighted by Gasteiger charge is 2.22. The summed E-state index contributed by atoms with van der Waals surface area (Å²) in [4.78, 5) is 0. The molecule has 5 heteroatoms. The second-order valence-corrected chi connectivity index (χ2v) is 4.86. The number of aryl methyl sites for hydroxylation is 1. The molecule has 2 aromatic carbocycles. The molecule has 0 aliphatic carbocycles. The summed E-state index contributed by atoms with van der Waals surface area (Å²) in [5.41, 5.74) is 6.57. The van der Waals surface area contributed by atoms with Gasteiger partial charge in [-0.2, -0.15) is 0 Å². The zero-order valence-electron chi connectivity index (χ0n) is 11.1. The van der Waals surface area contributed by atoms with Crippen molar-refractivity contribution in [2.24, 2.45) is 5.73 Å². The van der Waals surface area contributed by atoms with E-state index in [1.165, 1.54) is 19.2 Å². The molecule has 0 amide bonds. The largest absolute Gasteiger partial charge is 0.497 e. The van der Waals surface area contributed by atoms with Gasteiger partial charge in [-0.15, -0.1) is 0 Å². The van der Waals surface area contributed by atoms with Crippen molar-refractivity contribution in [2.45, 2.75) is 13.0 Å². The Morgan fingerprint density at radius 3 is 2.50 bits per heavy atom. The molecule has 106 valence electrons. The summed E-state index contributed by atoms with van der Waals surface area (Å²) in [7, 11) is 1.51. The summed E-state index contributed by atoms with van der Waals surface area (Å²) in [6, 6.07) is 6.40. The number of hydrogen-bond acceptors (Lipinski definition) is 2. The Morgan fingerprint density at radius 1 is 1.20 bits per heavy atom. The van der Waals surface area contributed by atoms with E-state index in [2.05, 4.69) is 0 Å². The van der Waals surface area contributed by atoms with Gasteiger partial charge in [0.05, 0.1) is 13.2 Å². The first-order valence-electron chi connectivity index (χ1n) is 5.99. The number of halogens is 3. The molecule has 1 atom stereocenters. The van der Waals surface area contributed by atoms with E-state index in [4.69, 9.17) is 22.1 Å². The van der Waals surface area contributed by atoms with Gasteiger partial charge in [0.15, 0.2) is 0 Å². The number of hydrogen-bond donors (Lipinski definition) is 1. The molecule has 0 radical (unpaired) electrons. The fraction of sp³-hybridized carbons (Fsp3) is 0.200. The normalized spacial score (nSPS) is 12.3. The number of methoxy groups -OCH3 is 1. The van der Waals surface area contributed by atoms with Gasteiger partial charge in [0, 0.05) is 10.6 Å². The average Bonchev–Trinajstić information content (AvgIpc) is 2.43. The fourth-order valence-corrected chi connectivity index (χ4v) is 2.29. The number of rotatable bonds is 3. The molecule has 0 aliphatic rings. The fourth-order valence-electron chi connectivity index (χ4n) is 2.01. The van der Waals surface area contributed by atoms with Crippen LogP contribution in [0.4, 0.5) is 8.78 Å². The molecule has 2 rings (SSSR count). The van der Waals surface area contributed by atoms with Crippen molar-refractivity contribution in [3.05, 3.63) is 63.7 Å². The molecule has 20 heavy (non-hydrogen) atoms. The summed E-state index contributed by atoms with van der Waals surface area (Å²) in [5, 5.41) is 0.303. The first-order valence-corrected chi connectivity index (χ1v) is 6.37. The minimum Gasteiger partial charge on any atom is -0.497 e. The van der Waals surface area contributed by atoms with Crippen LogP contribution in [0, 0.1) is 18.6 Å². The summed E-state index contributed by atoms with van der Waals surface area (Å²) >= 11 is 6.09. The van der Waals surface area contributed by atoms with Crippen molar-refractivity contribution in [2.75, 3.05) is 7.11 Å². The van der Waals surface area contributed by atoms with Gasteiger partial charge in [-0.1, -0.05) is 23.7 Å². The molecule has 0 fully saturated rings. The van der Waals surface area contributed by atoms with Gasteiger partial charge in [0.1, 0.15) is 17.4 Å². The van der Waals surface area contributed by atoms with Crippen LogP contribution in [0.15, 0.2) is 30.3 Å². The van der Waals surface area contributed by atoms with E-state index in [0.717, 1.165) is 0 Å². The smallest absolute Gasteiger partial charge is 0.134 e. The molecule has 0 aliphatic heterocycles. The lowest BCUT2D eigenvalue weighted by molar-refractivity contribution is 0.414. The maximum Gasteiger partial charge on any atom is 0.134 e. The molecule has 2 N–H and O–H groups in total. The van der Waals surface area contributed by atoms with E-state index >= 15 is 0 Å². The van der Waals surface area contributed by atoms with E-state index in [0.29, 0.717) is 21.9 Å². The van der Waals surface area contributed by atoms with Crippen molar-refractivity contribution in [1.29, 1.82) is 0 Å². The molecule has 0 bridgehead atoms. The standard InChI is InChI=1S/C15H14ClF2NO/c1-8-3-6-12(17)13(14(8)18)15(19)10-5-4-9(20-2)7-11(10)16/h3-7,15H,19H2,1-2H3. The Bertz CT molecular complexity index is 646. The topological polar surface area (TPSA) is 35.2 Å². The van der Waals surface area contributed by atoms with Gasteiger partial charge in [-0.3, -0.25) is 0 Å². The molecule has 1 unspecified atom stereocenters. The molecule has 2 nitrogen and oxygen atoms in total. The Labute approximate surface area is 121 Å². The highest BCUT2D eigenvalue weighted by Crippen LogP contribution is 2.32. The Balaban J connectivity index is 2.52. The predicted octanol–water partition coefficient (Wildman–Crippen LogP) is 3.98. The Kier molecular flexibility index (Phi) is 4.26. The lowest BCUT2D eigenvalue weighted by Crippen LogP contribution is -2.16. The maximum absolute atomic E-state index is 14.1. The van der Waals surface area contributed by atoms with Crippen LogP contribution in [0.3, 0.4) is 0 Å². The van der Waals surface area contributed by atoms with Crippen molar-refractivity contribution in [3.8, 4) is 5.75 Å². The number of benzene rings is 2. The quantitative estimate of drug-likeness (QED) is 0.930. The lowest BCUT2D eigenvalue weighted by Gasteiger charge is -2.17. The highest BCUT2D eigenvalue weighted by atomic mass is 35.5. The van der Waals surface area contributed by atoms with E-state index in [-0.39, 0.29) is 5.56 Å². The lowest BCUT2D eigenvalue weighted by atomic mass is 9.96. The van der Waals surface area contributed by atoms with E-state index < -0.39 is 17.7 Å². The molecule has 2 aromatic rings. The third-order valence-electron chi connectivity index (χ3n) is 3.17. The SMILES string of the molecule is COc1ccc(C(N)c2c(F)ccc(C)c2F)c(Cl)c1. The number of nitrogens with two attached hydrogens (primary N) is 1. The minimum atomic E-state index is -0.978. The van der Waals surface area contributed by atoms with Gasteiger partial charge in [-0.05, 0) is 36.2 Å². The monoisotopic (exact) mass is 297 g/mol. The maximum atomic E-state index is 14.1. The van der Waals surface area contributed by atoms with Crippen molar-refractivity contribution in [3.63, 3.8) is 0 Å². The molecule has 0 spiro atoms. The van der Waals surface area contributed by atoms with Crippen LogP contribution in [0.1, 0.15) is 22.7 Å². The van der Waals surface area contributed by atoms with Crippen LogP contribution in [0.25, 0.3) is 0 Å². The third kappa shape index (κ3) is 2.62. The summed E-state index contributed by atoms with van der Waals surface area (Å²) in [6.45, 7) is 1.56. The summed E-state index contributed by atoms with van der Waals surface area (Å²) in [6.07, 6.45) is 0. The molecule has 0 saturated carbocycles. The van der Waals surface area contributed by atoms with Crippen LogP contribution in [0.5, 0.6) is 5.75 Å².